The molecule has 1 amide bonds. The topological polar surface area (TPSA) is 29.5 Å². The Morgan fingerprint density at radius 3 is 2.72 bits per heavy atom. The minimum atomic E-state index is -0.411. The molecule has 0 aliphatic carbocycles. The molecule has 0 aromatic heterocycles. The molecule has 3 nitrogen and oxygen atoms in total. The van der Waals surface area contributed by atoms with Crippen molar-refractivity contribution in [1.82, 2.24) is 4.90 Å². The van der Waals surface area contributed by atoms with Gasteiger partial charge in [-0.3, -0.25) is 0 Å². The summed E-state index contributed by atoms with van der Waals surface area (Å²) >= 11 is 0. The normalized spacial score (nSPS) is 21.3. The number of unbranched alkanes of at least 4 members (excludes halogenated alkanes) is 1. The Morgan fingerprint density at radius 2 is 2.11 bits per heavy atom. The number of carbonyl (C=O) groups excluding carboxylic acids is 1. The number of carbonyl (C=O) groups is 1. The van der Waals surface area contributed by atoms with Crippen molar-refractivity contribution in [2.24, 2.45) is 0 Å². The third-order valence-electron chi connectivity index (χ3n) is 2.99. The summed E-state index contributed by atoms with van der Waals surface area (Å²) in [5.41, 5.74) is -0.411. The van der Waals surface area contributed by atoms with Gasteiger partial charge in [0.15, 0.2) is 0 Å². The molecule has 0 aromatic rings. The van der Waals surface area contributed by atoms with Gasteiger partial charge in [0.05, 0.1) is 6.04 Å². The molecule has 18 heavy (non-hydrogen) atoms. The number of allylic oxidation sites excluding steroid dienone is 1. The van der Waals surface area contributed by atoms with Crippen molar-refractivity contribution in [3.63, 3.8) is 0 Å². The maximum absolute atomic E-state index is 12.1. The first-order valence-electron chi connectivity index (χ1n) is 7.10. The van der Waals surface area contributed by atoms with Crippen LogP contribution in [-0.2, 0) is 4.74 Å². The van der Waals surface area contributed by atoms with E-state index in [1.807, 2.05) is 25.7 Å². The van der Waals surface area contributed by atoms with Crippen molar-refractivity contribution < 1.29 is 9.53 Å². The largest absolute Gasteiger partial charge is 0.444 e. The second kappa shape index (κ2) is 6.81. The molecule has 0 bridgehead atoms. The maximum atomic E-state index is 12.1. The maximum Gasteiger partial charge on any atom is 0.410 e. The van der Waals surface area contributed by atoms with Crippen molar-refractivity contribution in [2.45, 2.75) is 71.4 Å². The van der Waals surface area contributed by atoms with Crippen molar-refractivity contribution in [3.05, 3.63) is 12.2 Å². The lowest BCUT2D eigenvalue weighted by atomic mass is 10.0. The van der Waals surface area contributed by atoms with Crippen LogP contribution in [0.15, 0.2) is 12.2 Å². The second-order valence-electron chi connectivity index (χ2n) is 5.95. The van der Waals surface area contributed by atoms with Gasteiger partial charge in [-0.25, -0.2) is 4.79 Å². The summed E-state index contributed by atoms with van der Waals surface area (Å²) in [5.74, 6) is 0. The molecule has 0 saturated carbocycles. The third kappa shape index (κ3) is 5.11. The van der Waals surface area contributed by atoms with Crippen LogP contribution in [0.5, 0.6) is 0 Å². The SMILES string of the molecule is CCC/C=C/C1CCCCN1C(=O)OC(C)(C)C. The fourth-order valence-electron chi connectivity index (χ4n) is 2.12. The lowest BCUT2D eigenvalue weighted by molar-refractivity contribution is 0.0149. The van der Waals surface area contributed by atoms with E-state index in [1.54, 1.807) is 0 Å². The fraction of sp³-hybridized carbons (Fsp3) is 0.800. The monoisotopic (exact) mass is 253 g/mol. The molecule has 1 aliphatic heterocycles. The Hall–Kier alpha value is -0.990. The van der Waals surface area contributed by atoms with Crippen LogP contribution in [0.4, 0.5) is 4.79 Å². The zero-order valence-corrected chi connectivity index (χ0v) is 12.2. The molecule has 1 rings (SSSR count). The van der Waals surface area contributed by atoms with E-state index in [0.29, 0.717) is 0 Å². The number of likely N-dealkylation sites (tertiary alicyclic amines) is 1. The van der Waals surface area contributed by atoms with E-state index in [0.717, 1.165) is 32.2 Å². The molecular weight excluding hydrogens is 226 g/mol. The van der Waals surface area contributed by atoms with Gasteiger partial charge in [-0.15, -0.1) is 0 Å². The summed E-state index contributed by atoms with van der Waals surface area (Å²) < 4.78 is 5.47. The standard InChI is InChI=1S/C15H27NO2/c1-5-6-7-10-13-11-8-9-12-16(13)14(17)18-15(2,3)4/h7,10,13H,5-6,8-9,11-12H2,1-4H3/b10-7+. The predicted molar refractivity (Wildman–Crippen MR) is 74.6 cm³/mol. The highest BCUT2D eigenvalue weighted by atomic mass is 16.6. The van der Waals surface area contributed by atoms with Gasteiger partial charge in [0, 0.05) is 6.54 Å². The van der Waals surface area contributed by atoms with E-state index in [1.165, 1.54) is 6.42 Å². The van der Waals surface area contributed by atoms with E-state index >= 15 is 0 Å². The van der Waals surface area contributed by atoms with Crippen molar-refractivity contribution in [3.8, 4) is 0 Å². The smallest absolute Gasteiger partial charge is 0.410 e. The Bertz CT molecular complexity index is 291. The molecule has 1 saturated heterocycles. The molecule has 104 valence electrons. The number of hydrogen-bond acceptors (Lipinski definition) is 2. The van der Waals surface area contributed by atoms with Crippen LogP contribution < -0.4 is 0 Å². The second-order valence-corrected chi connectivity index (χ2v) is 5.95. The zero-order valence-electron chi connectivity index (χ0n) is 12.2. The van der Waals surface area contributed by atoms with Gasteiger partial charge in [0.2, 0.25) is 0 Å². The van der Waals surface area contributed by atoms with Gasteiger partial charge >= 0.3 is 6.09 Å². The van der Waals surface area contributed by atoms with Crippen LogP contribution in [0.2, 0.25) is 0 Å². The highest BCUT2D eigenvalue weighted by Gasteiger charge is 2.28. The fourth-order valence-corrected chi connectivity index (χ4v) is 2.12. The van der Waals surface area contributed by atoms with Crippen molar-refractivity contribution >= 4 is 6.09 Å². The first-order valence-corrected chi connectivity index (χ1v) is 7.10. The van der Waals surface area contributed by atoms with Crippen LogP contribution >= 0.6 is 0 Å². The average Bonchev–Trinajstić information content (AvgIpc) is 2.27. The summed E-state index contributed by atoms with van der Waals surface area (Å²) in [6.45, 7) is 8.72. The third-order valence-corrected chi connectivity index (χ3v) is 2.99. The van der Waals surface area contributed by atoms with E-state index in [9.17, 15) is 4.79 Å². The lowest BCUT2D eigenvalue weighted by Gasteiger charge is -2.35. The van der Waals surface area contributed by atoms with Gasteiger partial charge in [-0.05, 0) is 46.5 Å². The Balaban J connectivity index is 2.61. The van der Waals surface area contributed by atoms with E-state index in [4.69, 9.17) is 4.74 Å². The molecule has 3 heteroatoms. The summed E-state index contributed by atoms with van der Waals surface area (Å²) in [6, 6.07) is 0.222. The van der Waals surface area contributed by atoms with Gasteiger partial charge < -0.3 is 9.64 Å². The lowest BCUT2D eigenvalue weighted by Crippen LogP contribution is -2.45. The molecule has 0 spiro atoms. The Labute approximate surface area is 111 Å². The molecule has 1 atom stereocenters. The van der Waals surface area contributed by atoms with Crippen molar-refractivity contribution in [1.29, 1.82) is 0 Å². The summed E-state index contributed by atoms with van der Waals surface area (Å²) in [7, 11) is 0. The summed E-state index contributed by atoms with van der Waals surface area (Å²) in [6.07, 6.45) is 9.75. The van der Waals surface area contributed by atoms with Gasteiger partial charge in [-0.1, -0.05) is 25.5 Å². The van der Waals surface area contributed by atoms with Crippen LogP contribution in [0.3, 0.4) is 0 Å². The molecule has 0 aromatic carbocycles. The van der Waals surface area contributed by atoms with Crippen molar-refractivity contribution in [2.75, 3.05) is 6.54 Å². The van der Waals surface area contributed by atoms with Crippen LogP contribution in [-0.4, -0.2) is 29.2 Å². The van der Waals surface area contributed by atoms with E-state index in [2.05, 4.69) is 19.1 Å². The summed E-state index contributed by atoms with van der Waals surface area (Å²) in [4.78, 5) is 14.0. The molecule has 0 N–H and O–H groups in total. The molecular formula is C15H27NO2. The van der Waals surface area contributed by atoms with Crippen LogP contribution in [0, 0.1) is 0 Å². The number of hydrogen-bond donors (Lipinski definition) is 0. The Kier molecular flexibility index (Phi) is 5.70. The molecule has 1 heterocycles. The van der Waals surface area contributed by atoms with Crippen LogP contribution in [0.1, 0.15) is 59.8 Å². The van der Waals surface area contributed by atoms with Crippen LogP contribution in [0.25, 0.3) is 0 Å². The van der Waals surface area contributed by atoms with E-state index < -0.39 is 5.60 Å². The number of nitrogens with zero attached hydrogens (tertiary/aromatic N) is 1. The Morgan fingerprint density at radius 1 is 1.39 bits per heavy atom. The first kappa shape index (κ1) is 15.1. The zero-order chi connectivity index (χ0) is 13.6. The number of piperidine rings is 1. The number of rotatable bonds is 3. The van der Waals surface area contributed by atoms with Gasteiger partial charge in [-0.2, -0.15) is 0 Å². The first-order chi connectivity index (χ1) is 8.44. The minimum absolute atomic E-state index is 0.173. The highest BCUT2D eigenvalue weighted by molar-refractivity contribution is 5.69. The quantitative estimate of drug-likeness (QED) is 0.708. The molecule has 1 aliphatic rings. The minimum Gasteiger partial charge on any atom is -0.444 e. The average molecular weight is 253 g/mol. The number of amides is 1. The van der Waals surface area contributed by atoms with E-state index in [-0.39, 0.29) is 12.1 Å². The number of ether oxygens (including phenoxy) is 1. The highest BCUT2D eigenvalue weighted by Crippen LogP contribution is 2.21. The summed E-state index contributed by atoms with van der Waals surface area (Å²) in [5, 5.41) is 0. The van der Waals surface area contributed by atoms with Gasteiger partial charge in [0.25, 0.3) is 0 Å². The predicted octanol–water partition coefficient (Wildman–Crippen LogP) is 4.13. The molecule has 0 radical (unpaired) electrons. The molecule has 1 fully saturated rings. The molecule has 1 unspecified atom stereocenters. The van der Waals surface area contributed by atoms with Gasteiger partial charge in [0.1, 0.15) is 5.60 Å².